The van der Waals surface area contributed by atoms with Crippen LogP contribution in [0.4, 0.5) is 5.69 Å². The minimum atomic E-state index is -0.293. The molecule has 0 saturated heterocycles. The van der Waals surface area contributed by atoms with E-state index in [9.17, 15) is 9.59 Å². The van der Waals surface area contributed by atoms with E-state index >= 15 is 0 Å². The highest BCUT2D eigenvalue weighted by Gasteiger charge is 2.13. The van der Waals surface area contributed by atoms with Crippen LogP contribution < -0.4 is 11.0 Å². The summed E-state index contributed by atoms with van der Waals surface area (Å²) >= 11 is 0. The summed E-state index contributed by atoms with van der Waals surface area (Å²) < 4.78 is 2.97. The molecular formula is C17H17N3O3. The van der Waals surface area contributed by atoms with E-state index in [2.05, 4.69) is 5.32 Å². The van der Waals surface area contributed by atoms with E-state index in [1.807, 2.05) is 24.3 Å². The molecule has 0 atom stereocenters. The first-order valence-electron chi connectivity index (χ1n) is 7.24. The van der Waals surface area contributed by atoms with E-state index in [1.54, 1.807) is 31.3 Å². The van der Waals surface area contributed by atoms with Gasteiger partial charge in [-0.15, -0.1) is 0 Å². The highest BCUT2D eigenvalue weighted by molar-refractivity contribution is 5.91. The number of para-hydroxylation sites is 2. The minimum Gasteiger partial charge on any atom is -0.392 e. The molecule has 0 aliphatic rings. The Morgan fingerprint density at radius 3 is 2.61 bits per heavy atom. The van der Waals surface area contributed by atoms with Crippen molar-refractivity contribution < 1.29 is 9.90 Å². The number of aliphatic hydroxyl groups excluding tert-OH is 1. The molecule has 23 heavy (non-hydrogen) atoms. The number of carbonyl (C=O) groups excluding carboxylic acids is 1. The summed E-state index contributed by atoms with van der Waals surface area (Å²) in [5, 5.41) is 11.9. The van der Waals surface area contributed by atoms with Crippen LogP contribution in [0.3, 0.4) is 0 Å². The molecule has 3 aromatic rings. The number of carbonyl (C=O) groups is 1. The summed E-state index contributed by atoms with van der Waals surface area (Å²) in [6.07, 6.45) is 0. The van der Waals surface area contributed by atoms with E-state index in [0.717, 1.165) is 11.0 Å². The molecule has 6 heteroatoms. The van der Waals surface area contributed by atoms with Gasteiger partial charge in [0.15, 0.2) is 0 Å². The van der Waals surface area contributed by atoms with Gasteiger partial charge in [-0.2, -0.15) is 0 Å². The molecule has 0 unspecified atom stereocenters. The van der Waals surface area contributed by atoms with E-state index < -0.39 is 0 Å². The number of hydrogen-bond donors (Lipinski definition) is 2. The van der Waals surface area contributed by atoms with E-state index in [0.29, 0.717) is 11.3 Å². The van der Waals surface area contributed by atoms with Crippen molar-refractivity contribution in [3.8, 4) is 0 Å². The number of aromatic nitrogens is 2. The Hall–Kier alpha value is -2.86. The fourth-order valence-corrected chi connectivity index (χ4v) is 2.61. The molecule has 2 aromatic carbocycles. The van der Waals surface area contributed by atoms with Crippen LogP contribution in [0.25, 0.3) is 11.0 Å². The van der Waals surface area contributed by atoms with Gasteiger partial charge in [0.05, 0.1) is 17.6 Å². The van der Waals surface area contributed by atoms with Gasteiger partial charge in [0.1, 0.15) is 6.54 Å². The number of benzene rings is 2. The molecule has 1 heterocycles. The third kappa shape index (κ3) is 2.89. The molecule has 0 saturated carbocycles. The van der Waals surface area contributed by atoms with Crippen molar-refractivity contribution >= 4 is 22.6 Å². The SMILES string of the molecule is Cn1c(=O)n(CC(=O)Nc2cccc(CO)c2)c2ccccc21. The second kappa shape index (κ2) is 6.10. The molecule has 0 spiro atoms. The van der Waals surface area contributed by atoms with Gasteiger partial charge >= 0.3 is 5.69 Å². The molecule has 1 amide bonds. The van der Waals surface area contributed by atoms with Gasteiger partial charge in [-0.3, -0.25) is 13.9 Å². The maximum absolute atomic E-state index is 12.3. The first kappa shape index (κ1) is 15.1. The Kier molecular flexibility index (Phi) is 3.99. The second-order valence-corrected chi connectivity index (χ2v) is 5.32. The lowest BCUT2D eigenvalue weighted by Crippen LogP contribution is -2.28. The summed E-state index contributed by atoms with van der Waals surface area (Å²) in [4.78, 5) is 24.5. The number of aryl methyl sites for hydroxylation is 1. The minimum absolute atomic E-state index is 0.0659. The fraction of sp³-hybridized carbons (Fsp3) is 0.176. The van der Waals surface area contributed by atoms with Crippen LogP contribution in [0, 0.1) is 0 Å². The van der Waals surface area contributed by atoms with Crippen molar-refractivity contribution in [3.63, 3.8) is 0 Å². The van der Waals surface area contributed by atoms with Gasteiger partial charge in [-0.05, 0) is 29.8 Å². The molecule has 3 rings (SSSR count). The summed E-state index contributed by atoms with van der Waals surface area (Å²) in [7, 11) is 1.68. The summed E-state index contributed by atoms with van der Waals surface area (Å²) in [5.74, 6) is -0.293. The van der Waals surface area contributed by atoms with Crippen molar-refractivity contribution in [2.75, 3.05) is 5.32 Å². The number of imidazole rings is 1. The van der Waals surface area contributed by atoms with Gasteiger partial charge in [0, 0.05) is 12.7 Å². The Morgan fingerprint density at radius 2 is 1.87 bits per heavy atom. The largest absolute Gasteiger partial charge is 0.392 e. The summed E-state index contributed by atoms with van der Waals surface area (Å²) in [5.41, 5.74) is 2.58. The van der Waals surface area contributed by atoms with Crippen molar-refractivity contribution in [2.24, 2.45) is 7.05 Å². The molecule has 0 bridgehead atoms. The average Bonchev–Trinajstić information content (AvgIpc) is 2.80. The number of fused-ring (bicyclic) bond motifs is 1. The number of amides is 1. The van der Waals surface area contributed by atoms with Crippen molar-refractivity contribution in [1.29, 1.82) is 0 Å². The molecule has 6 nitrogen and oxygen atoms in total. The first-order chi connectivity index (χ1) is 11.1. The third-order valence-corrected chi connectivity index (χ3v) is 3.75. The van der Waals surface area contributed by atoms with E-state index in [1.165, 1.54) is 9.13 Å². The van der Waals surface area contributed by atoms with Crippen LogP contribution in [-0.2, 0) is 25.0 Å². The molecular weight excluding hydrogens is 294 g/mol. The number of anilines is 1. The van der Waals surface area contributed by atoms with Crippen LogP contribution in [0.2, 0.25) is 0 Å². The van der Waals surface area contributed by atoms with Crippen molar-refractivity contribution in [1.82, 2.24) is 9.13 Å². The molecule has 118 valence electrons. The number of rotatable bonds is 4. The normalized spacial score (nSPS) is 10.9. The third-order valence-electron chi connectivity index (χ3n) is 3.75. The molecule has 0 aliphatic heterocycles. The lowest BCUT2D eigenvalue weighted by molar-refractivity contribution is -0.116. The predicted molar refractivity (Wildman–Crippen MR) is 88.2 cm³/mol. The molecule has 2 N–H and O–H groups in total. The van der Waals surface area contributed by atoms with Gasteiger partial charge < -0.3 is 10.4 Å². The lowest BCUT2D eigenvalue weighted by atomic mass is 10.2. The smallest absolute Gasteiger partial charge is 0.329 e. The van der Waals surface area contributed by atoms with E-state index in [4.69, 9.17) is 5.11 Å². The maximum Gasteiger partial charge on any atom is 0.329 e. The van der Waals surface area contributed by atoms with Crippen LogP contribution in [0.1, 0.15) is 5.56 Å². The Balaban J connectivity index is 1.86. The molecule has 0 aliphatic carbocycles. The van der Waals surface area contributed by atoms with E-state index in [-0.39, 0.29) is 24.7 Å². The highest BCUT2D eigenvalue weighted by Crippen LogP contribution is 2.13. The molecule has 0 fully saturated rings. The number of nitrogens with zero attached hydrogens (tertiary/aromatic N) is 2. The summed E-state index contributed by atoms with van der Waals surface area (Å²) in [6.45, 7) is -0.157. The lowest BCUT2D eigenvalue weighted by Gasteiger charge is -2.07. The fourth-order valence-electron chi connectivity index (χ4n) is 2.61. The Bertz CT molecular complexity index is 924. The monoisotopic (exact) mass is 311 g/mol. The second-order valence-electron chi connectivity index (χ2n) is 5.32. The quantitative estimate of drug-likeness (QED) is 0.766. The number of nitrogens with one attached hydrogen (secondary N) is 1. The van der Waals surface area contributed by atoms with Crippen LogP contribution >= 0.6 is 0 Å². The zero-order valence-corrected chi connectivity index (χ0v) is 12.7. The van der Waals surface area contributed by atoms with Gasteiger partial charge in [0.25, 0.3) is 0 Å². The maximum atomic E-state index is 12.3. The zero-order valence-electron chi connectivity index (χ0n) is 12.7. The van der Waals surface area contributed by atoms with Crippen LogP contribution in [-0.4, -0.2) is 20.1 Å². The average molecular weight is 311 g/mol. The van der Waals surface area contributed by atoms with Crippen molar-refractivity contribution in [2.45, 2.75) is 13.2 Å². The Morgan fingerprint density at radius 1 is 1.13 bits per heavy atom. The predicted octanol–water partition coefficient (Wildman–Crippen LogP) is 1.47. The Labute approximate surface area is 132 Å². The summed E-state index contributed by atoms with van der Waals surface area (Å²) in [6, 6.07) is 14.3. The highest BCUT2D eigenvalue weighted by atomic mass is 16.3. The van der Waals surface area contributed by atoms with Crippen LogP contribution in [0.5, 0.6) is 0 Å². The van der Waals surface area contributed by atoms with Gasteiger partial charge in [-0.1, -0.05) is 24.3 Å². The first-order valence-corrected chi connectivity index (χ1v) is 7.24. The van der Waals surface area contributed by atoms with Gasteiger partial charge in [0.2, 0.25) is 5.91 Å². The zero-order chi connectivity index (χ0) is 16.4. The topological polar surface area (TPSA) is 76.3 Å². The molecule has 1 aromatic heterocycles. The standard InChI is InChI=1S/C17H17N3O3/c1-19-14-7-2-3-8-15(14)20(17(19)23)10-16(22)18-13-6-4-5-12(9-13)11-21/h2-9,21H,10-11H2,1H3,(H,18,22). The molecule has 0 radical (unpaired) electrons. The number of aliphatic hydroxyl groups is 1. The van der Waals surface area contributed by atoms with Crippen molar-refractivity contribution in [3.05, 3.63) is 64.6 Å². The van der Waals surface area contributed by atoms with Gasteiger partial charge in [-0.25, -0.2) is 4.79 Å². The number of hydrogen-bond acceptors (Lipinski definition) is 3. The van der Waals surface area contributed by atoms with Crippen LogP contribution in [0.15, 0.2) is 53.3 Å².